The molecule has 3 heteroatoms. The highest BCUT2D eigenvalue weighted by molar-refractivity contribution is 7.19. The molecule has 2 aromatic rings. The van der Waals surface area contributed by atoms with Crippen molar-refractivity contribution in [3.63, 3.8) is 0 Å². The van der Waals surface area contributed by atoms with E-state index < -0.39 is 0 Å². The van der Waals surface area contributed by atoms with E-state index in [9.17, 15) is 9.90 Å². The van der Waals surface area contributed by atoms with Crippen molar-refractivity contribution in [1.82, 2.24) is 0 Å². The highest BCUT2D eigenvalue weighted by atomic mass is 32.1. The first-order chi connectivity index (χ1) is 6.29. The van der Waals surface area contributed by atoms with Gasteiger partial charge in [-0.05, 0) is 29.7 Å². The van der Waals surface area contributed by atoms with E-state index in [1.165, 1.54) is 0 Å². The Hall–Kier alpha value is -1.35. The summed E-state index contributed by atoms with van der Waals surface area (Å²) in [4.78, 5) is 11.3. The van der Waals surface area contributed by atoms with E-state index in [1.54, 1.807) is 23.5 Å². The van der Waals surface area contributed by atoms with Crippen molar-refractivity contribution in [2.45, 2.75) is 6.42 Å². The van der Waals surface area contributed by atoms with Gasteiger partial charge in [0.05, 0.1) is 0 Å². The smallest absolute Gasteiger partial charge is 0.125 e. The number of hydrogen-bond donors (Lipinski definition) is 1. The van der Waals surface area contributed by atoms with Crippen LogP contribution in [0, 0.1) is 0 Å². The molecule has 0 unspecified atom stereocenters. The molecule has 0 aliphatic heterocycles. The molecule has 1 N–H and O–H groups in total. The van der Waals surface area contributed by atoms with E-state index in [2.05, 4.69) is 0 Å². The van der Waals surface area contributed by atoms with E-state index in [0.717, 1.165) is 21.2 Å². The molecule has 0 spiro atoms. The molecule has 2 rings (SSSR count). The SMILES string of the molecule is O=CCc1cc2ccc(O)cc2s1. The Labute approximate surface area is 79.4 Å². The first-order valence-electron chi connectivity index (χ1n) is 3.94. The molecule has 0 radical (unpaired) electrons. The fraction of sp³-hybridized carbons (Fsp3) is 0.100. The summed E-state index contributed by atoms with van der Waals surface area (Å²) < 4.78 is 1.02. The molecular weight excluding hydrogens is 184 g/mol. The lowest BCUT2D eigenvalue weighted by Crippen LogP contribution is -1.76. The lowest BCUT2D eigenvalue weighted by Gasteiger charge is -1.89. The topological polar surface area (TPSA) is 37.3 Å². The Balaban J connectivity index is 2.55. The molecule has 1 aromatic heterocycles. The minimum Gasteiger partial charge on any atom is -0.508 e. The van der Waals surface area contributed by atoms with Crippen LogP contribution in [0.4, 0.5) is 0 Å². The Kier molecular flexibility index (Phi) is 2.02. The number of carbonyl (C=O) groups excluding carboxylic acids is 1. The van der Waals surface area contributed by atoms with Gasteiger partial charge in [0.15, 0.2) is 0 Å². The van der Waals surface area contributed by atoms with Gasteiger partial charge in [0.1, 0.15) is 12.0 Å². The standard InChI is InChI=1S/C10H8O2S/c11-4-3-9-5-7-1-2-8(12)6-10(7)13-9/h1-2,4-6,12H,3H2. The zero-order valence-electron chi connectivity index (χ0n) is 6.86. The minimum atomic E-state index is 0.270. The molecule has 0 bridgehead atoms. The molecule has 66 valence electrons. The fourth-order valence-corrected chi connectivity index (χ4v) is 2.30. The van der Waals surface area contributed by atoms with Gasteiger partial charge in [0.25, 0.3) is 0 Å². The largest absolute Gasteiger partial charge is 0.508 e. The lowest BCUT2D eigenvalue weighted by molar-refractivity contribution is -0.107. The number of aldehydes is 1. The molecule has 0 atom stereocenters. The number of thiophene rings is 1. The fourth-order valence-electron chi connectivity index (χ4n) is 1.26. The summed E-state index contributed by atoms with van der Waals surface area (Å²) in [5.41, 5.74) is 0. The average molecular weight is 192 g/mol. The molecular formula is C10H8O2S. The number of rotatable bonds is 2. The van der Waals surface area contributed by atoms with Crippen LogP contribution >= 0.6 is 11.3 Å². The summed E-state index contributed by atoms with van der Waals surface area (Å²) in [5.74, 6) is 0.270. The Morgan fingerprint density at radius 3 is 3.00 bits per heavy atom. The summed E-state index contributed by atoms with van der Waals surface area (Å²) in [6.07, 6.45) is 1.35. The maximum absolute atomic E-state index is 10.3. The van der Waals surface area contributed by atoms with Crippen molar-refractivity contribution in [2.75, 3.05) is 0 Å². The van der Waals surface area contributed by atoms with E-state index in [4.69, 9.17) is 0 Å². The van der Waals surface area contributed by atoms with Crippen LogP contribution in [0.2, 0.25) is 0 Å². The molecule has 13 heavy (non-hydrogen) atoms. The predicted molar refractivity (Wildman–Crippen MR) is 53.3 cm³/mol. The third-order valence-electron chi connectivity index (χ3n) is 1.84. The monoisotopic (exact) mass is 192 g/mol. The quantitative estimate of drug-likeness (QED) is 0.741. The van der Waals surface area contributed by atoms with Gasteiger partial charge in [-0.2, -0.15) is 0 Å². The summed E-state index contributed by atoms with van der Waals surface area (Å²) in [6.45, 7) is 0. The van der Waals surface area contributed by atoms with Crippen molar-refractivity contribution >= 4 is 27.7 Å². The number of benzene rings is 1. The number of aromatic hydroxyl groups is 1. The van der Waals surface area contributed by atoms with Crippen LogP contribution in [-0.2, 0) is 11.2 Å². The summed E-state index contributed by atoms with van der Waals surface area (Å²) in [6, 6.07) is 7.21. The van der Waals surface area contributed by atoms with Crippen molar-refractivity contribution < 1.29 is 9.90 Å². The second-order valence-corrected chi connectivity index (χ2v) is 3.97. The van der Waals surface area contributed by atoms with Crippen molar-refractivity contribution in [3.8, 4) is 5.75 Å². The molecule has 0 aliphatic rings. The minimum absolute atomic E-state index is 0.270. The van der Waals surface area contributed by atoms with E-state index in [-0.39, 0.29) is 5.75 Å². The third-order valence-corrected chi connectivity index (χ3v) is 2.96. The molecule has 0 fully saturated rings. The predicted octanol–water partition coefficient (Wildman–Crippen LogP) is 2.35. The summed E-state index contributed by atoms with van der Waals surface area (Å²) in [7, 11) is 0. The summed E-state index contributed by atoms with van der Waals surface area (Å²) >= 11 is 1.54. The zero-order valence-corrected chi connectivity index (χ0v) is 7.67. The van der Waals surface area contributed by atoms with Crippen LogP contribution in [0.15, 0.2) is 24.3 Å². The van der Waals surface area contributed by atoms with Crippen LogP contribution in [0.25, 0.3) is 10.1 Å². The number of phenolic OH excluding ortho intramolecular Hbond substituents is 1. The maximum atomic E-state index is 10.3. The maximum Gasteiger partial charge on any atom is 0.125 e. The lowest BCUT2D eigenvalue weighted by atomic mass is 10.2. The highest BCUT2D eigenvalue weighted by Crippen LogP contribution is 2.28. The number of hydrogen-bond acceptors (Lipinski definition) is 3. The highest BCUT2D eigenvalue weighted by Gasteiger charge is 2.01. The Morgan fingerprint density at radius 2 is 2.23 bits per heavy atom. The normalized spacial score (nSPS) is 10.5. The van der Waals surface area contributed by atoms with Crippen LogP contribution in [-0.4, -0.2) is 11.4 Å². The Bertz CT molecular complexity index is 445. The van der Waals surface area contributed by atoms with Crippen LogP contribution in [0.1, 0.15) is 4.88 Å². The number of carbonyl (C=O) groups is 1. The number of phenols is 1. The van der Waals surface area contributed by atoms with Crippen molar-refractivity contribution in [2.24, 2.45) is 0 Å². The van der Waals surface area contributed by atoms with Crippen LogP contribution in [0.3, 0.4) is 0 Å². The van der Waals surface area contributed by atoms with Gasteiger partial charge in [-0.3, -0.25) is 0 Å². The van der Waals surface area contributed by atoms with E-state index in [0.29, 0.717) is 6.42 Å². The van der Waals surface area contributed by atoms with Gasteiger partial charge >= 0.3 is 0 Å². The molecule has 0 saturated carbocycles. The summed E-state index contributed by atoms with van der Waals surface area (Å²) in [5, 5.41) is 10.3. The molecule has 2 nitrogen and oxygen atoms in total. The van der Waals surface area contributed by atoms with E-state index >= 15 is 0 Å². The molecule has 0 saturated heterocycles. The van der Waals surface area contributed by atoms with Gasteiger partial charge in [-0.1, -0.05) is 0 Å². The number of fused-ring (bicyclic) bond motifs is 1. The molecule has 1 aromatic carbocycles. The molecule has 1 heterocycles. The van der Waals surface area contributed by atoms with Gasteiger partial charge in [0, 0.05) is 16.0 Å². The van der Waals surface area contributed by atoms with Gasteiger partial charge in [0.2, 0.25) is 0 Å². The van der Waals surface area contributed by atoms with Gasteiger partial charge in [-0.25, -0.2) is 0 Å². The van der Waals surface area contributed by atoms with E-state index in [1.807, 2.05) is 12.1 Å². The Morgan fingerprint density at radius 1 is 1.38 bits per heavy atom. The molecule has 0 amide bonds. The van der Waals surface area contributed by atoms with Crippen LogP contribution in [0.5, 0.6) is 5.75 Å². The second-order valence-electron chi connectivity index (χ2n) is 2.81. The first-order valence-corrected chi connectivity index (χ1v) is 4.76. The van der Waals surface area contributed by atoms with Crippen molar-refractivity contribution in [3.05, 3.63) is 29.1 Å². The second kappa shape index (κ2) is 3.18. The third kappa shape index (κ3) is 1.55. The van der Waals surface area contributed by atoms with Gasteiger partial charge < -0.3 is 9.90 Å². The average Bonchev–Trinajstić information content (AvgIpc) is 2.46. The first kappa shape index (κ1) is 8.26. The zero-order chi connectivity index (χ0) is 9.26. The molecule has 0 aliphatic carbocycles. The van der Waals surface area contributed by atoms with Gasteiger partial charge in [-0.15, -0.1) is 11.3 Å². The van der Waals surface area contributed by atoms with Crippen molar-refractivity contribution in [1.29, 1.82) is 0 Å². The van der Waals surface area contributed by atoms with Crippen LogP contribution < -0.4 is 0 Å².